The third-order valence-electron chi connectivity index (χ3n) is 3.59. The van der Waals surface area contributed by atoms with Crippen molar-refractivity contribution in [1.29, 1.82) is 0 Å². The van der Waals surface area contributed by atoms with Crippen LogP contribution in [0.25, 0.3) is 0 Å². The van der Waals surface area contributed by atoms with Gasteiger partial charge in [0.15, 0.2) is 0 Å². The van der Waals surface area contributed by atoms with Gasteiger partial charge in [0, 0.05) is 18.2 Å². The molecule has 104 valence electrons. The normalized spacial score (nSPS) is 27.2. The number of ether oxygens (including phenoxy) is 1. The van der Waals surface area contributed by atoms with E-state index in [0.717, 1.165) is 0 Å². The zero-order valence-electron chi connectivity index (χ0n) is 11.3. The van der Waals surface area contributed by atoms with Crippen molar-refractivity contribution in [3.8, 4) is 0 Å². The Hall–Kier alpha value is -1.65. The summed E-state index contributed by atoms with van der Waals surface area (Å²) in [6.45, 7) is 3.66. The van der Waals surface area contributed by atoms with Crippen molar-refractivity contribution in [3.05, 3.63) is 12.2 Å². The van der Waals surface area contributed by atoms with Gasteiger partial charge in [0.05, 0.1) is 12.0 Å². The van der Waals surface area contributed by atoms with E-state index in [0.29, 0.717) is 25.7 Å². The van der Waals surface area contributed by atoms with Crippen LogP contribution in [0.3, 0.4) is 0 Å². The summed E-state index contributed by atoms with van der Waals surface area (Å²) in [6.07, 6.45) is 5.22. The van der Waals surface area contributed by atoms with Gasteiger partial charge in [-0.05, 0) is 39.5 Å². The van der Waals surface area contributed by atoms with E-state index < -0.39 is 0 Å². The number of esters is 1. The Balaban J connectivity index is 1.87. The van der Waals surface area contributed by atoms with E-state index in [1.54, 1.807) is 0 Å². The summed E-state index contributed by atoms with van der Waals surface area (Å²) < 4.78 is 5.19. The van der Waals surface area contributed by atoms with E-state index >= 15 is 0 Å². The maximum atomic E-state index is 11.8. The van der Waals surface area contributed by atoms with Crippen molar-refractivity contribution in [2.75, 3.05) is 0 Å². The highest BCUT2D eigenvalue weighted by Gasteiger charge is 2.36. The highest BCUT2D eigenvalue weighted by atomic mass is 16.5. The maximum Gasteiger partial charge on any atom is 0.309 e. The van der Waals surface area contributed by atoms with Crippen molar-refractivity contribution < 1.29 is 19.1 Å². The van der Waals surface area contributed by atoms with Crippen LogP contribution < -0.4 is 0 Å². The predicted molar refractivity (Wildman–Crippen MR) is 68.0 cm³/mol. The minimum absolute atomic E-state index is 0.0712. The van der Waals surface area contributed by atoms with E-state index in [-0.39, 0.29) is 35.8 Å². The lowest BCUT2D eigenvalue weighted by Gasteiger charge is -2.32. The summed E-state index contributed by atoms with van der Waals surface area (Å²) in [7, 11) is 0. The van der Waals surface area contributed by atoms with Crippen molar-refractivity contribution in [3.63, 3.8) is 0 Å². The molecule has 2 rings (SSSR count). The van der Waals surface area contributed by atoms with Crippen LogP contribution in [0.4, 0.5) is 0 Å². The monoisotopic (exact) mass is 265 g/mol. The lowest BCUT2D eigenvalue weighted by molar-refractivity contribution is -0.154. The Morgan fingerprint density at radius 1 is 1.16 bits per heavy atom. The van der Waals surface area contributed by atoms with E-state index in [1.807, 2.05) is 13.8 Å². The number of hydrogen-bond donors (Lipinski definition) is 0. The summed E-state index contributed by atoms with van der Waals surface area (Å²) in [5, 5.41) is 0. The van der Waals surface area contributed by atoms with Crippen LogP contribution in [0.15, 0.2) is 12.2 Å². The molecule has 0 unspecified atom stereocenters. The number of imide groups is 1. The van der Waals surface area contributed by atoms with Gasteiger partial charge in [0.2, 0.25) is 0 Å². The molecule has 1 saturated carbocycles. The number of rotatable bonds is 3. The van der Waals surface area contributed by atoms with Crippen LogP contribution in [0.5, 0.6) is 0 Å². The highest BCUT2D eigenvalue weighted by Crippen LogP contribution is 2.30. The molecule has 0 N–H and O–H groups in total. The molecule has 0 aromatic rings. The molecule has 1 heterocycles. The van der Waals surface area contributed by atoms with Crippen LogP contribution >= 0.6 is 0 Å². The Labute approximate surface area is 112 Å². The average molecular weight is 265 g/mol. The Bertz CT molecular complexity index is 401. The predicted octanol–water partition coefficient (Wildman–Crippen LogP) is 1.42. The van der Waals surface area contributed by atoms with Crippen molar-refractivity contribution in [1.82, 2.24) is 4.90 Å². The SMILES string of the molecule is CC(C)OC(=O)C1CCC(N2C(=O)C=CC2=O)CC1. The molecule has 0 aromatic carbocycles. The van der Waals surface area contributed by atoms with Crippen LogP contribution in [0.2, 0.25) is 0 Å². The van der Waals surface area contributed by atoms with Gasteiger partial charge in [0.1, 0.15) is 0 Å². The number of carbonyl (C=O) groups is 3. The second-order valence-corrected chi connectivity index (χ2v) is 5.37. The molecule has 0 aromatic heterocycles. The molecular weight excluding hydrogens is 246 g/mol. The summed E-state index contributed by atoms with van der Waals surface area (Å²) in [6, 6.07) is -0.0712. The van der Waals surface area contributed by atoms with E-state index in [2.05, 4.69) is 0 Å². The quantitative estimate of drug-likeness (QED) is 0.572. The minimum Gasteiger partial charge on any atom is -0.463 e. The molecule has 1 fully saturated rings. The van der Waals surface area contributed by atoms with Gasteiger partial charge in [-0.15, -0.1) is 0 Å². The van der Waals surface area contributed by atoms with Gasteiger partial charge in [-0.3, -0.25) is 19.3 Å². The molecule has 0 radical (unpaired) electrons. The number of carbonyl (C=O) groups excluding carboxylic acids is 3. The highest BCUT2D eigenvalue weighted by molar-refractivity contribution is 6.13. The number of hydrogen-bond acceptors (Lipinski definition) is 4. The molecule has 19 heavy (non-hydrogen) atoms. The van der Waals surface area contributed by atoms with Crippen LogP contribution in [-0.4, -0.2) is 34.8 Å². The third-order valence-corrected chi connectivity index (χ3v) is 3.59. The van der Waals surface area contributed by atoms with E-state index in [1.165, 1.54) is 17.1 Å². The largest absolute Gasteiger partial charge is 0.463 e. The average Bonchev–Trinajstić information content (AvgIpc) is 2.68. The van der Waals surface area contributed by atoms with Crippen LogP contribution in [0, 0.1) is 5.92 Å². The summed E-state index contributed by atoms with van der Waals surface area (Å²) >= 11 is 0. The number of nitrogens with zero attached hydrogens (tertiary/aromatic N) is 1. The van der Waals surface area contributed by atoms with E-state index in [4.69, 9.17) is 4.74 Å². The van der Waals surface area contributed by atoms with Gasteiger partial charge in [-0.1, -0.05) is 0 Å². The molecule has 5 nitrogen and oxygen atoms in total. The fourth-order valence-corrected chi connectivity index (χ4v) is 2.67. The second kappa shape index (κ2) is 5.55. The lowest BCUT2D eigenvalue weighted by Crippen LogP contribution is -2.43. The third kappa shape index (κ3) is 3.03. The molecule has 1 aliphatic carbocycles. The first-order chi connectivity index (χ1) is 8.99. The molecule has 0 spiro atoms. The first-order valence-electron chi connectivity index (χ1n) is 6.74. The zero-order valence-corrected chi connectivity index (χ0v) is 11.3. The summed E-state index contributed by atoms with van der Waals surface area (Å²) in [5.41, 5.74) is 0. The maximum absolute atomic E-state index is 11.8. The first-order valence-corrected chi connectivity index (χ1v) is 6.74. The smallest absolute Gasteiger partial charge is 0.309 e. The van der Waals surface area contributed by atoms with Gasteiger partial charge < -0.3 is 4.74 Å². The summed E-state index contributed by atoms with van der Waals surface area (Å²) in [4.78, 5) is 36.2. The van der Waals surface area contributed by atoms with Crippen LogP contribution in [-0.2, 0) is 19.1 Å². The van der Waals surface area contributed by atoms with Gasteiger partial charge in [0.25, 0.3) is 11.8 Å². The molecule has 2 amide bonds. The molecule has 1 aliphatic heterocycles. The molecular formula is C14H19NO4. The fourth-order valence-electron chi connectivity index (χ4n) is 2.67. The molecule has 0 saturated heterocycles. The molecule has 0 atom stereocenters. The molecule has 0 bridgehead atoms. The van der Waals surface area contributed by atoms with Crippen molar-refractivity contribution in [2.24, 2.45) is 5.92 Å². The number of amides is 2. The van der Waals surface area contributed by atoms with Crippen LogP contribution in [0.1, 0.15) is 39.5 Å². The Kier molecular flexibility index (Phi) is 4.02. The second-order valence-electron chi connectivity index (χ2n) is 5.37. The lowest BCUT2D eigenvalue weighted by atomic mass is 9.85. The van der Waals surface area contributed by atoms with Gasteiger partial charge in [-0.25, -0.2) is 0 Å². The minimum atomic E-state index is -0.238. The standard InChI is InChI=1S/C14H19NO4/c1-9(2)19-14(18)10-3-5-11(6-4-10)15-12(16)7-8-13(15)17/h7-11H,3-6H2,1-2H3. The van der Waals surface area contributed by atoms with Crippen molar-refractivity contribution >= 4 is 17.8 Å². The van der Waals surface area contributed by atoms with Crippen molar-refractivity contribution in [2.45, 2.75) is 51.7 Å². The molecule has 2 aliphatic rings. The zero-order chi connectivity index (χ0) is 14.0. The summed E-state index contributed by atoms with van der Waals surface area (Å²) in [5.74, 6) is -0.735. The van der Waals surface area contributed by atoms with E-state index in [9.17, 15) is 14.4 Å². The topological polar surface area (TPSA) is 63.7 Å². The fraction of sp³-hybridized carbons (Fsp3) is 0.643. The Morgan fingerprint density at radius 2 is 1.68 bits per heavy atom. The first kappa shape index (κ1) is 13.8. The molecule has 5 heteroatoms. The van der Waals surface area contributed by atoms with Gasteiger partial charge in [-0.2, -0.15) is 0 Å². The Morgan fingerprint density at radius 3 is 2.16 bits per heavy atom. The van der Waals surface area contributed by atoms with Gasteiger partial charge >= 0.3 is 5.97 Å².